The van der Waals surface area contributed by atoms with E-state index in [1.54, 1.807) is 55.6 Å². The minimum atomic E-state index is -0.320. The molecule has 3 aromatic carbocycles. The van der Waals surface area contributed by atoms with Crippen molar-refractivity contribution in [1.82, 2.24) is 5.32 Å². The van der Waals surface area contributed by atoms with Gasteiger partial charge in [0, 0.05) is 16.1 Å². The zero-order valence-corrected chi connectivity index (χ0v) is 16.9. The molecule has 6 heteroatoms. The number of hydrogen-bond acceptors (Lipinski definition) is 3. The molecule has 0 saturated carbocycles. The van der Waals surface area contributed by atoms with Gasteiger partial charge in [0.2, 0.25) is 0 Å². The Morgan fingerprint density at radius 1 is 0.897 bits per heavy atom. The molecule has 0 saturated heterocycles. The van der Waals surface area contributed by atoms with E-state index in [-0.39, 0.29) is 17.9 Å². The highest BCUT2D eigenvalue weighted by atomic mass is 35.5. The second-order valence-corrected chi connectivity index (χ2v) is 6.88. The van der Waals surface area contributed by atoms with E-state index in [4.69, 9.17) is 16.3 Å². The highest BCUT2D eigenvalue weighted by molar-refractivity contribution is 6.30. The topological polar surface area (TPSA) is 67.4 Å². The predicted molar refractivity (Wildman–Crippen MR) is 115 cm³/mol. The quantitative estimate of drug-likeness (QED) is 0.596. The van der Waals surface area contributed by atoms with Gasteiger partial charge in [-0.2, -0.15) is 0 Å². The molecule has 0 heterocycles. The summed E-state index contributed by atoms with van der Waals surface area (Å²) in [6.07, 6.45) is 0. The lowest BCUT2D eigenvalue weighted by atomic mass is 10.1. The van der Waals surface area contributed by atoms with E-state index in [0.717, 1.165) is 5.56 Å². The van der Waals surface area contributed by atoms with Crippen molar-refractivity contribution in [2.75, 3.05) is 12.4 Å². The molecule has 0 spiro atoms. The summed E-state index contributed by atoms with van der Waals surface area (Å²) >= 11 is 5.87. The zero-order chi connectivity index (χ0) is 20.8. The molecular weight excluding hydrogens is 388 g/mol. The highest BCUT2D eigenvalue weighted by Gasteiger charge is 2.18. The Morgan fingerprint density at radius 3 is 2.28 bits per heavy atom. The number of carbonyl (C=O) groups is 2. The number of nitrogens with one attached hydrogen (secondary N) is 2. The van der Waals surface area contributed by atoms with Gasteiger partial charge in [0.15, 0.2) is 0 Å². The maximum Gasteiger partial charge on any atom is 0.255 e. The van der Waals surface area contributed by atoms with Crippen LogP contribution in [0, 0.1) is 0 Å². The number of para-hydroxylation sites is 2. The summed E-state index contributed by atoms with van der Waals surface area (Å²) in [6.45, 7) is 1.88. The van der Waals surface area contributed by atoms with Crippen LogP contribution in [0.2, 0.25) is 5.02 Å². The Labute approximate surface area is 174 Å². The van der Waals surface area contributed by atoms with E-state index in [9.17, 15) is 9.59 Å². The fourth-order valence-corrected chi connectivity index (χ4v) is 3.09. The van der Waals surface area contributed by atoms with Crippen molar-refractivity contribution in [3.05, 3.63) is 94.5 Å². The van der Waals surface area contributed by atoms with Crippen molar-refractivity contribution in [3.8, 4) is 5.75 Å². The smallest absolute Gasteiger partial charge is 0.255 e. The minimum absolute atomic E-state index is 0.279. The van der Waals surface area contributed by atoms with Gasteiger partial charge < -0.3 is 15.4 Å². The average molecular weight is 409 g/mol. The zero-order valence-electron chi connectivity index (χ0n) is 16.1. The summed E-state index contributed by atoms with van der Waals surface area (Å²) in [5.74, 6) is 0.0831. The third-order valence-electron chi connectivity index (χ3n) is 4.48. The first-order chi connectivity index (χ1) is 14.0. The SMILES string of the molecule is COc1ccccc1C(C)NC(=O)c1ccccc1NC(=O)c1ccc(Cl)cc1. The maximum absolute atomic E-state index is 12.9. The molecule has 1 unspecified atom stereocenters. The summed E-state index contributed by atoms with van der Waals surface area (Å²) in [5.41, 5.74) is 2.12. The summed E-state index contributed by atoms with van der Waals surface area (Å²) in [5, 5.41) is 6.30. The number of hydrogen-bond donors (Lipinski definition) is 2. The van der Waals surface area contributed by atoms with Gasteiger partial charge in [0.25, 0.3) is 11.8 Å². The van der Waals surface area contributed by atoms with Crippen LogP contribution >= 0.6 is 11.6 Å². The molecule has 0 aliphatic heterocycles. The summed E-state index contributed by atoms with van der Waals surface area (Å²) < 4.78 is 5.37. The number of methoxy groups -OCH3 is 1. The fraction of sp³-hybridized carbons (Fsp3) is 0.130. The molecular formula is C23H21ClN2O3. The second kappa shape index (κ2) is 9.26. The lowest BCUT2D eigenvalue weighted by Gasteiger charge is -2.18. The molecule has 0 fully saturated rings. The normalized spacial score (nSPS) is 11.4. The van der Waals surface area contributed by atoms with Crippen LogP contribution in [0.5, 0.6) is 5.75 Å². The van der Waals surface area contributed by atoms with Crippen molar-refractivity contribution in [3.63, 3.8) is 0 Å². The Morgan fingerprint density at radius 2 is 1.55 bits per heavy atom. The maximum atomic E-state index is 12.9. The molecule has 3 rings (SSSR count). The van der Waals surface area contributed by atoms with Crippen molar-refractivity contribution in [1.29, 1.82) is 0 Å². The molecule has 3 aromatic rings. The van der Waals surface area contributed by atoms with Crippen molar-refractivity contribution >= 4 is 29.1 Å². The van der Waals surface area contributed by atoms with Crippen LogP contribution in [0.3, 0.4) is 0 Å². The van der Waals surface area contributed by atoms with Gasteiger partial charge in [0.1, 0.15) is 5.75 Å². The van der Waals surface area contributed by atoms with Crippen LogP contribution in [0.25, 0.3) is 0 Å². The number of carbonyl (C=O) groups excluding carboxylic acids is 2. The second-order valence-electron chi connectivity index (χ2n) is 6.44. The first-order valence-electron chi connectivity index (χ1n) is 9.09. The molecule has 2 amide bonds. The van der Waals surface area contributed by atoms with Crippen LogP contribution in [0.4, 0.5) is 5.69 Å². The number of ether oxygens (including phenoxy) is 1. The van der Waals surface area contributed by atoms with E-state index in [1.807, 2.05) is 31.2 Å². The number of benzene rings is 3. The summed E-state index contributed by atoms with van der Waals surface area (Å²) in [4.78, 5) is 25.4. The Kier molecular flexibility index (Phi) is 6.52. The monoisotopic (exact) mass is 408 g/mol. The number of rotatable bonds is 6. The Balaban J connectivity index is 1.78. The molecule has 0 aromatic heterocycles. The van der Waals surface area contributed by atoms with E-state index < -0.39 is 0 Å². The summed E-state index contributed by atoms with van der Waals surface area (Å²) in [6, 6.07) is 20.6. The van der Waals surface area contributed by atoms with Gasteiger partial charge in [-0.3, -0.25) is 9.59 Å². The molecule has 2 N–H and O–H groups in total. The Bertz CT molecular complexity index is 1020. The van der Waals surface area contributed by atoms with Gasteiger partial charge in [-0.05, 0) is 49.4 Å². The Hall–Kier alpha value is -3.31. The van der Waals surface area contributed by atoms with Crippen molar-refractivity contribution in [2.24, 2.45) is 0 Å². The van der Waals surface area contributed by atoms with Crippen LogP contribution in [0.1, 0.15) is 39.2 Å². The van der Waals surface area contributed by atoms with Gasteiger partial charge in [-0.25, -0.2) is 0 Å². The third-order valence-corrected chi connectivity index (χ3v) is 4.73. The van der Waals surface area contributed by atoms with E-state index >= 15 is 0 Å². The van der Waals surface area contributed by atoms with Crippen LogP contribution in [0.15, 0.2) is 72.8 Å². The molecule has 0 radical (unpaired) electrons. The van der Waals surface area contributed by atoms with E-state index in [2.05, 4.69) is 10.6 Å². The highest BCUT2D eigenvalue weighted by Crippen LogP contribution is 2.25. The summed E-state index contributed by atoms with van der Waals surface area (Å²) in [7, 11) is 1.59. The molecule has 0 aliphatic carbocycles. The number of amides is 2. The molecule has 5 nitrogen and oxygen atoms in total. The molecule has 1 atom stereocenters. The lowest BCUT2D eigenvalue weighted by Crippen LogP contribution is -2.28. The standard InChI is InChI=1S/C23H21ClN2O3/c1-15(18-7-4-6-10-21(18)29-2)25-23(28)19-8-3-5-9-20(19)26-22(27)16-11-13-17(24)14-12-16/h3-15H,1-2H3,(H,25,28)(H,26,27). The first kappa shape index (κ1) is 20.4. The van der Waals surface area contributed by atoms with Gasteiger partial charge in [-0.15, -0.1) is 0 Å². The molecule has 0 bridgehead atoms. The predicted octanol–water partition coefficient (Wildman–Crippen LogP) is 5.09. The number of halogens is 1. The van der Waals surface area contributed by atoms with Gasteiger partial charge in [-0.1, -0.05) is 41.9 Å². The number of anilines is 1. The lowest BCUT2D eigenvalue weighted by molar-refractivity contribution is 0.0940. The van der Waals surface area contributed by atoms with Gasteiger partial charge in [0.05, 0.1) is 24.4 Å². The molecule has 0 aliphatic rings. The van der Waals surface area contributed by atoms with Gasteiger partial charge >= 0.3 is 0 Å². The molecule has 29 heavy (non-hydrogen) atoms. The van der Waals surface area contributed by atoms with E-state index in [0.29, 0.717) is 27.6 Å². The van der Waals surface area contributed by atoms with Crippen LogP contribution in [-0.2, 0) is 0 Å². The van der Waals surface area contributed by atoms with Crippen molar-refractivity contribution in [2.45, 2.75) is 13.0 Å². The third kappa shape index (κ3) is 4.95. The largest absolute Gasteiger partial charge is 0.496 e. The van der Waals surface area contributed by atoms with Crippen LogP contribution < -0.4 is 15.4 Å². The van der Waals surface area contributed by atoms with Crippen molar-refractivity contribution < 1.29 is 14.3 Å². The van der Waals surface area contributed by atoms with Crippen LogP contribution in [-0.4, -0.2) is 18.9 Å². The fourth-order valence-electron chi connectivity index (χ4n) is 2.96. The average Bonchev–Trinajstić information content (AvgIpc) is 2.74. The minimum Gasteiger partial charge on any atom is -0.496 e. The van der Waals surface area contributed by atoms with E-state index in [1.165, 1.54) is 0 Å². The molecule has 148 valence electrons. The first-order valence-corrected chi connectivity index (χ1v) is 9.47.